The molecule has 5 heteroatoms. The molecule has 0 heterocycles. The lowest BCUT2D eigenvalue weighted by atomic mass is 9.96. The van der Waals surface area contributed by atoms with Gasteiger partial charge >= 0.3 is 0 Å². The monoisotopic (exact) mass is 237 g/mol. The van der Waals surface area contributed by atoms with Crippen LogP contribution in [0.15, 0.2) is 0 Å². The molecule has 2 aliphatic rings. The van der Waals surface area contributed by atoms with Crippen LogP contribution < -0.4 is 4.72 Å². The summed E-state index contributed by atoms with van der Waals surface area (Å²) in [7, 11) is -3.05. The Morgan fingerprint density at radius 1 is 1.07 bits per heavy atom. The Hall–Kier alpha value is 0.200. The zero-order valence-corrected chi connectivity index (χ0v) is 9.65. The maximum Gasteiger partial charge on any atom is 0.214 e. The van der Waals surface area contributed by atoms with E-state index in [1.165, 1.54) is 0 Å². The summed E-state index contributed by atoms with van der Waals surface area (Å²) < 4.78 is 26.0. The van der Waals surface area contributed by atoms with Crippen LogP contribution in [0.2, 0.25) is 0 Å². The van der Waals surface area contributed by atoms with Gasteiger partial charge in [0.2, 0.25) is 10.0 Å². The van der Waals surface area contributed by atoms with E-state index >= 15 is 0 Å². The van der Waals surface area contributed by atoms with Crippen LogP contribution in [0, 0.1) is 0 Å². The van der Waals surface area contributed by atoms with Crippen molar-refractivity contribution in [1.29, 1.82) is 0 Å². The van der Waals surface area contributed by atoms with Crippen LogP contribution in [0.5, 0.6) is 0 Å². The van der Waals surface area contributed by atoms with Gasteiger partial charge in [-0.05, 0) is 25.7 Å². The van der Waals surface area contributed by atoms with Gasteiger partial charge in [0.15, 0.2) is 0 Å². The third-order valence-corrected chi connectivity index (χ3v) is 5.46. The zero-order valence-electron chi connectivity index (χ0n) is 8.08. The number of alkyl halides is 1. The molecule has 0 aliphatic heterocycles. The molecular formula is C9H16ClNO2S. The highest BCUT2D eigenvalue weighted by Gasteiger charge is 2.38. The summed E-state index contributed by atoms with van der Waals surface area (Å²) in [6.07, 6.45) is 5.65. The van der Waals surface area contributed by atoms with Crippen LogP contribution >= 0.6 is 11.6 Å². The number of rotatable bonds is 3. The lowest BCUT2D eigenvalue weighted by Crippen LogP contribution is -2.44. The predicted octanol–water partition coefficient (Wildman–Crippen LogP) is 1.62. The van der Waals surface area contributed by atoms with E-state index in [1.54, 1.807) is 0 Å². The number of sulfonamides is 1. The van der Waals surface area contributed by atoms with Crippen molar-refractivity contribution < 1.29 is 8.42 Å². The van der Waals surface area contributed by atoms with E-state index < -0.39 is 10.0 Å². The van der Waals surface area contributed by atoms with Crippen LogP contribution in [0.1, 0.15) is 38.5 Å². The van der Waals surface area contributed by atoms with Gasteiger partial charge in [0, 0.05) is 11.4 Å². The van der Waals surface area contributed by atoms with E-state index in [0.29, 0.717) is 0 Å². The lowest BCUT2D eigenvalue weighted by Gasteiger charge is -2.27. The van der Waals surface area contributed by atoms with E-state index in [9.17, 15) is 8.42 Å². The van der Waals surface area contributed by atoms with Crippen molar-refractivity contribution in [2.75, 3.05) is 0 Å². The Kier molecular flexibility index (Phi) is 3.05. The maximum atomic E-state index is 11.6. The van der Waals surface area contributed by atoms with Crippen molar-refractivity contribution in [1.82, 2.24) is 4.72 Å². The molecule has 2 atom stereocenters. The second-order valence-corrected chi connectivity index (χ2v) is 6.82. The largest absolute Gasteiger partial charge is 0.214 e. The molecule has 2 rings (SSSR count). The molecule has 0 bridgehead atoms. The average molecular weight is 238 g/mol. The first-order chi connectivity index (χ1) is 6.59. The van der Waals surface area contributed by atoms with Crippen molar-refractivity contribution in [3.63, 3.8) is 0 Å². The van der Waals surface area contributed by atoms with Gasteiger partial charge in [0.25, 0.3) is 0 Å². The molecule has 3 nitrogen and oxygen atoms in total. The number of nitrogens with one attached hydrogen (secondary N) is 1. The Labute approximate surface area is 90.3 Å². The van der Waals surface area contributed by atoms with E-state index in [1.807, 2.05) is 0 Å². The topological polar surface area (TPSA) is 46.2 Å². The average Bonchev–Trinajstić information content (AvgIpc) is 2.91. The summed E-state index contributed by atoms with van der Waals surface area (Å²) in [5.41, 5.74) is 0. The highest BCUT2D eigenvalue weighted by atomic mass is 35.5. The fourth-order valence-corrected chi connectivity index (χ4v) is 3.98. The third-order valence-electron chi connectivity index (χ3n) is 2.96. The van der Waals surface area contributed by atoms with Crippen LogP contribution in [-0.2, 0) is 10.0 Å². The first kappa shape index (κ1) is 10.7. The fourth-order valence-electron chi connectivity index (χ4n) is 1.90. The molecule has 82 valence electrons. The smallest absolute Gasteiger partial charge is 0.212 e. The summed E-state index contributed by atoms with van der Waals surface area (Å²) in [6, 6.07) is -0.0315. The van der Waals surface area contributed by atoms with E-state index in [-0.39, 0.29) is 16.7 Å². The summed E-state index contributed by atoms with van der Waals surface area (Å²) >= 11 is 6.09. The quantitative estimate of drug-likeness (QED) is 0.759. The molecule has 0 aromatic rings. The molecule has 0 spiro atoms. The SMILES string of the molecule is O=S(=O)(NC1CCCCC1Cl)C1CC1. The molecule has 0 aromatic carbocycles. The molecule has 0 aromatic heterocycles. The minimum atomic E-state index is -3.05. The number of halogens is 1. The molecule has 0 radical (unpaired) electrons. The van der Waals surface area contributed by atoms with Crippen LogP contribution in [0.4, 0.5) is 0 Å². The summed E-state index contributed by atoms with van der Waals surface area (Å²) in [5, 5.41) is -0.148. The molecule has 2 fully saturated rings. The summed E-state index contributed by atoms with van der Waals surface area (Å²) in [6.45, 7) is 0. The Morgan fingerprint density at radius 2 is 1.71 bits per heavy atom. The van der Waals surface area contributed by atoms with Gasteiger partial charge < -0.3 is 0 Å². The molecule has 0 saturated heterocycles. The first-order valence-electron chi connectivity index (χ1n) is 5.25. The zero-order chi connectivity index (χ0) is 10.2. The molecule has 2 saturated carbocycles. The molecule has 2 unspecified atom stereocenters. The van der Waals surface area contributed by atoms with Crippen molar-refractivity contribution >= 4 is 21.6 Å². The molecule has 2 aliphatic carbocycles. The Balaban J connectivity index is 1.95. The van der Waals surface area contributed by atoms with Crippen molar-refractivity contribution in [2.45, 2.75) is 55.2 Å². The highest BCUT2D eigenvalue weighted by molar-refractivity contribution is 7.90. The molecule has 1 N–H and O–H groups in total. The minimum absolute atomic E-state index is 0.0164. The van der Waals surface area contributed by atoms with Gasteiger partial charge in [-0.3, -0.25) is 0 Å². The lowest BCUT2D eigenvalue weighted by molar-refractivity contribution is 0.418. The summed E-state index contributed by atoms with van der Waals surface area (Å²) in [4.78, 5) is 0. The van der Waals surface area contributed by atoms with E-state index in [0.717, 1.165) is 38.5 Å². The normalized spacial score (nSPS) is 34.4. The number of hydrogen-bond acceptors (Lipinski definition) is 2. The van der Waals surface area contributed by atoms with Crippen molar-refractivity contribution in [3.8, 4) is 0 Å². The molecule has 0 amide bonds. The predicted molar refractivity (Wildman–Crippen MR) is 57.0 cm³/mol. The van der Waals surface area contributed by atoms with Gasteiger partial charge in [0.05, 0.1) is 5.25 Å². The van der Waals surface area contributed by atoms with Gasteiger partial charge in [-0.25, -0.2) is 13.1 Å². The van der Waals surface area contributed by atoms with E-state index in [4.69, 9.17) is 11.6 Å². The van der Waals surface area contributed by atoms with Crippen LogP contribution in [0.25, 0.3) is 0 Å². The molecular weight excluding hydrogens is 222 g/mol. The first-order valence-corrected chi connectivity index (χ1v) is 7.23. The van der Waals surface area contributed by atoms with E-state index in [2.05, 4.69) is 4.72 Å². The van der Waals surface area contributed by atoms with Crippen LogP contribution in [-0.4, -0.2) is 25.1 Å². The summed E-state index contributed by atoms with van der Waals surface area (Å²) in [5.74, 6) is 0. The van der Waals surface area contributed by atoms with Gasteiger partial charge in [-0.15, -0.1) is 11.6 Å². The molecule has 14 heavy (non-hydrogen) atoms. The van der Waals surface area contributed by atoms with Crippen molar-refractivity contribution in [2.24, 2.45) is 0 Å². The third kappa shape index (κ3) is 2.41. The van der Waals surface area contributed by atoms with Gasteiger partial charge in [-0.1, -0.05) is 12.8 Å². The number of hydrogen-bond donors (Lipinski definition) is 1. The minimum Gasteiger partial charge on any atom is -0.212 e. The van der Waals surface area contributed by atoms with Gasteiger partial charge in [0.1, 0.15) is 0 Å². The second-order valence-electron chi connectivity index (χ2n) is 4.27. The maximum absolute atomic E-state index is 11.6. The Bertz CT molecular complexity index is 300. The Morgan fingerprint density at radius 3 is 2.29 bits per heavy atom. The van der Waals surface area contributed by atoms with Crippen molar-refractivity contribution in [3.05, 3.63) is 0 Å². The van der Waals surface area contributed by atoms with Gasteiger partial charge in [-0.2, -0.15) is 0 Å². The standard InChI is InChI=1S/C9H16ClNO2S/c10-8-3-1-2-4-9(8)11-14(12,13)7-5-6-7/h7-9,11H,1-6H2. The second kappa shape index (κ2) is 3.99. The fraction of sp³-hybridized carbons (Fsp3) is 1.00. The highest BCUT2D eigenvalue weighted by Crippen LogP contribution is 2.30. The van der Waals surface area contributed by atoms with Crippen LogP contribution in [0.3, 0.4) is 0 Å².